The van der Waals surface area contributed by atoms with Crippen LogP contribution < -0.4 is 5.32 Å². The van der Waals surface area contributed by atoms with Crippen LogP contribution in [0.3, 0.4) is 0 Å². The Morgan fingerprint density at radius 2 is 2.14 bits per heavy atom. The molecule has 0 fully saturated rings. The maximum absolute atomic E-state index is 11.7. The second kappa shape index (κ2) is 7.59. The number of rotatable bonds is 7. The number of aryl methyl sites for hydroxylation is 1. The first-order valence-corrected chi connectivity index (χ1v) is 7.19. The zero-order valence-electron chi connectivity index (χ0n) is 12.2. The van der Waals surface area contributed by atoms with Gasteiger partial charge in [0.25, 0.3) is 0 Å². The number of para-hydroxylation sites is 1. The van der Waals surface area contributed by atoms with Crippen molar-refractivity contribution in [1.29, 1.82) is 0 Å². The van der Waals surface area contributed by atoms with E-state index < -0.39 is 0 Å². The Bertz CT molecular complexity index is 564. The first-order valence-electron chi connectivity index (χ1n) is 7.19. The molecule has 112 valence electrons. The van der Waals surface area contributed by atoms with E-state index in [-0.39, 0.29) is 12.0 Å². The molecule has 2 aromatic rings. The van der Waals surface area contributed by atoms with E-state index in [2.05, 4.69) is 10.4 Å². The molecule has 0 spiro atoms. The summed E-state index contributed by atoms with van der Waals surface area (Å²) in [5, 5.41) is 16.2. The van der Waals surface area contributed by atoms with Crippen LogP contribution in [0.5, 0.6) is 0 Å². The Morgan fingerprint density at radius 1 is 1.38 bits per heavy atom. The second-order valence-electron chi connectivity index (χ2n) is 5.12. The number of nitrogens with one attached hydrogen (secondary N) is 1. The van der Waals surface area contributed by atoms with E-state index in [0.29, 0.717) is 25.8 Å². The molecule has 0 aliphatic rings. The van der Waals surface area contributed by atoms with E-state index in [1.54, 1.807) is 17.8 Å². The van der Waals surface area contributed by atoms with Crippen molar-refractivity contribution in [3.8, 4) is 5.69 Å². The molecule has 1 unspecified atom stereocenters. The van der Waals surface area contributed by atoms with Crippen LogP contribution in [0.2, 0.25) is 0 Å². The average Bonchev–Trinajstić information content (AvgIpc) is 2.94. The Hall–Kier alpha value is -2.14. The number of hydrogen-bond donors (Lipinski definition) is 2. The number of aromatic nitrogens is 2. The number of aliphatic hydroxyl groups is 1. The fraction of sp³-hybridized carbons (Fsp3) is 0.375. The Balaban J connectivity index is 1.79. The minimum atomic E-state index is -0.380. The first-order chi connectivity index (χ1) is 10.1. The van der Waals surface area contributed by atoms with Crippen molar-refractivity contribution in [2.45, 2.75) is 32.3 Å². The Kier molecular flexibility index (Phi) is 5.51. The molecule has 2 N–H and O–H groups in total. The quantitative estimate of drug-likeness (QED) is 0.814. The van der Waals surface area contributed by atoms with Gasteiger partial charge in [-0.1, -0.05) is 18.2 Å². The molecule has 0 aliphatic heterocycles. The van der Waals surface area contributed by atoms with Gasteiger partial charge in [0, 0.05) is 19.2 Å². The van der Waals surface area contributed by atoms with Crippen LogP contribution >= 0.6 is 0 Å². The van der Waals surface area contributed by atoms with Gasteiger partial charge < -0.3 is 10.4 Å². The van der Waals surface area contributed by atoms with Gasteiger partial charge >= 0.3 is 0 Å². The summed E-state index contributed by atoms with van der Waals surface area (Å²) >= 11 is 0. The second-order valence-corrected chi connectivity index (χ2v) is 5.12. The fourth-order valence-electron chi connectivity index (χ4n) is 1.98. The monoisotopic (exact) mass is 287 g/mol. The average molecular weight is 287 g/mol. The maximum atomic E-state index is 11.7. The number of carbonyl (C=O) groups excluding carboxylic acids is 1. The van der Waals surface area contributed by atoms with Crippen LogP contribution in [0.15, 0.2) is 42.7 Å². The summed E-state index contributed by atoms with van der Waals surface area (Å²) in [4.78, 5) is 11.7. The molecule has 21 heavy (non-hydrogen) atoms. The highest BCUT2D eigenvalue weighted by Gasteiger charge is 2.05. The Labute approximate surface area is 124 Å². The number of aliphatic hydroxyl groups excluding tert-OH is 1. The number of benzene rings is 1. The van der Waals surface area contributed by atoms with Crippen LogP contribution in [-0.4, -0.2) is 33.4 Å². The molecule has 5 nitrogen and oxygen atoms in total. The van der Waals surface area contributed by atoms with Crippen LogP contribution in [-0.2, 0) is 11.2 Å². The van der Waals surface area contributed by atoms with Crippen molar-refractivity contribution in [2.24, 2.45) is 0 Å². The predicted molar refractivity (Wildman–Crippen MR) is 81.2 cm³/mol. The molecule has 1 atom stereocenters. The van der Waals surface area contributed by atoms with Gasteiger partial charge in [0.1, 0.15) is 0 Å². The van der Waals surface area contributed by atoms with Gasteiger partial charge in [0.15, 0.2) is 0 Å². The molecular formula is C16H21N3O2. The third kappa shape index (κ3) is 5.04. The highest BCUT2D eigenvalue weighted by Crippen LogP contribution is 2.09. The summed E-state index contributed by atoms with van der Waals surface area (Å²) in [6.45, 7) is 2.23. The first kappa shape index (κ1) is 15.3. The van der Waals surface area contributed by atoms with Crippen LogP contribution in [0.4, 0.5) is 0 Å². The van der Waals surface area contributed by atoms with Gasteiger partial charge in [-0.2, -0.15) is 5.10 Å². The fourth-order valence-corrected chi connectivity index (χ4v) is 1.98. The van der Waals surface area contributed by atoms with Gasteiger partial charge in [0.2, 0.25) is 5.91 Å². The zero-order valence-corrected chi connectivity index (χ0v) is 12.2. The largest absolute Gasteiger partial charge is 0.393 e. The van der Waals surface area contributed by atoms with Crippen molar-refractivity contribution in [1.82, 2.24) is 15.1 Å². The third-order valence-electron chi connectivity index (χ3n) is 3.18. The maximum Gasteiger partial charge on any atom is 0.220 e. The van der Waals surface area contributed by atoms with E-state index in [1.165, 1.54) is 0 Å². The minimum Gasteiger partial charge on any atom is -0.393 e. The van der Waals surface area contributed by atoms with Gasteiger partial charge in [-0.25, -0.2) is 4.68 Å². The van der Waals surface area contributed by atoms with Crippen molar-refractivity contribution in [3.05, 3.63) is 48.3 Å². The lowest BCUT2D eigenvalue weighted by molar-refractivity contribution is -0.121. The van der Waals surface area contributed by atoms with Crippen LogP contribution in [0, 0.1) is 0 Å². The van der Waals surface area contributed by atoms with Gasteiger partial charge in [0.05, 0.1) is 18.0 Å². The lowest BCUT2D eigenvalue weighted by atomic mass is 10.2. The summed E-state index contributed by atoms with van der Waals surface area (Å²) in [6, 6.07) is 9.86. The van der Waals surface area contributed by atoms with Crippen LogP contribution in [0.1, 0.15) is 25.3 Å². The van der Waals surface area contributed by atoms with E-state index >= 15 is 0 Å². The molecule has 0 bridgehead atoms. The Morgan fingerprint density at radius 3 is 2.86 bits per heavy atom. The van der Waals surface area contributed by atoms with Crippen molar-refractivity contribution < 1.29 is 9.90 Å². The molecule has 2 rings (SSSR count). The van der Waals surface area contributed by atoms with E-state index in [9.17, 15) is 4.79 Å². The standard InChI is InChI=1S/C16H21N3O2/c1-13(20)9-10-17-16(21)8-7-14-11-18-19(12-14)15-5-3-2-4-6-15/h2-6,11-13,20H,7-10H2,1H3,(H,17,21). The predicted octanol–water partition coefficient (Wildman–Crippen LogP) is 1.69. The van der Waals surface area contributed by atoms with Crippen molar-refractivity contribution in [3.63, 3.8) is 0 Å². The molecule has 5 heteroatoms. The van der Waals surface area contributed by atoms with E-state index in [4.69, 9.17) is 5.11 Å². The molecule has 1 heterocycles. The third-order valence-corrected chi connectivity index (χ3v) is 3.18. The van der Waals surface area contributed by atoms with Crippen LogP contribution in [0.25, 0.3) is 5.69 Å². The topological polar surface area (TPSA) is 67.2 Å². The smallest absolute Gasteiger partial charge is 0.220 e. The molecule has 0 aliphatic carbocycles. The van der Waals surface area contributed by atoms with Crippen molar-refractivity contribution >= 4 is 5.91 Å². The molecule has 0 saturated carbocycles. The van der Waals surface area contributed by atoms with Crippen molar-refractivity contribution in [2.75, 3.05) is 6.54 Å². The van der Waals surface area contributed by atoms with Gasteiger partial charge in [-0.15, -0.1) is 0 Å². The summed E-state index contributed by atoms with van der Waals surface area (Å²) < 4.78 is 1.81. The highest BCUT2D eigenvalue weighted by molar-refractivity contribution is 5.76. The molecule has 1 aromatic carbocycles. The summed E-state index contributed by atoms with van der Waals surface area (Å²) in [6.07, 6.45) is 5.02. The van der Waals surface area contributed by atoms with E-state index in [0.717, 1.165) is 11.3 Å². The SMILES string of the molecule is CC(O)CCNC(=O)CCc1cnn(-c2ccccc2)c1. The number of hydrogen-bond acceptors (Lipinski definition) is 3. The van der Waals surface area contributed by atoms with Gasteiger partial charge in [-0.3, -0.25) is 4.79 Å². The number of carbonyl (C=O) groups is 1. The normalized spacial score (nSPS) is 12.1. The van der Waals surface area contributed by atoms with E-state index in [1.807, 2.05) is 36.5 Å². The molecule has 1 amide bonds. The molecule has 1 aromatic heterocycles. The lowest BCUT2D eigenvalue weighted by Crippen LogP contribution is -2.26. The lowest BCUT2D eigenvalue weighted by Gasteiger charge is -2.06. The summed E-state index contributed by atoms with van der Waals surface area (Å²) in [5.74, 6) is 0.00288. The highest BCUT2D eigenvalue weighted by atomic mass is 16.3. The van der Waals surface area contributed by atoms with Gasteiger partial charge in [-0.05, 0) is 37.5 Å². The molecular weight excluding hydrogens is 266 g/mol. The summed E-state index contributed by atoms with van der Waals surface area (Å²) in [5.41, 5.74) is 2.04. The summed E-state index contributed by atoms with van der Waals surface area (Å²) in [7, 11) is 0. The number of amides is 1. The minimum absolute atomic E-state index is 0.00288. The zero-order chi connectivity index (χ0) is 15.1. The molecule has 0 radical (unpaired) electrons. The molecule has 0 saturated heterocycles. The number of nitrogens with zero attached hydrogens (tertiary/aromatic N) is 2.